The molecule has 0 atom stereocenters. The summed E-state index contributed by atoms with van der Waals surface area (Å²) in [5.74, 6) is -0.793. The lowest BCUT2D eigenvalue weighted by molar-refractivity contribution is -0.145. The van der Waals surface area contributed by atoms with E-state index < -0.39 is 29.4 Å². The maximum Gasteiger partial charge on any atom is 0.433 e. The number of hydrogen-bond acceptors (Lipinski definition) is 4. The maximum absolute atomic E-state index is 13.4. The highest BCUT2D eigenvalue weighted by atomic mass is 32.1. The molecule has 3 rings (SSSR count). The first-order valence-electron chi connectivity index (χ1n) is 9.11. The Labute approximate surface area is 170 Å². The largest absolute Gasteiger partial charge is 0.433 e. The average Bonchev–Trinajstić information content (AvgIpc) is 3.29. The third-order valence-electron chi connectivity index (χ3n) is 4.31. The first kappa shape index (κ1) is 21.0. The van der Waals surface area contributed by atoms with Crippen molar-refractivity contribution in [3.8, 4) is 10.6 Å². The number of benzene rings is 1. The summed E-state index contributed by atoms with van der Waals surface area (Å²) in [6, 6.07) is 7.48. The zero-order chi connectivity index (χ0) is 21.2. The van der Waals surface area contributed by atoms with Gasteiger partial charge in [0, 0.05) is 30.0 Å². The third kappa shape index (κ3) is 4.84. The molecular formula is C20H21F3N4OS. The van der Waals surface area contributed by atoms with E-state index in [0.29, 0.717) is 6.42 Å². The van der Waals surface area contributed by atoms with Crippen molar-refractivity contribution < 1.29 is 18.0 Å². The van der Waals surface area contributed by atoms with E-state index in [1.165, 1.54) is 11.3 Å². The lowest BCUT2D eigenvalue weighted by atomic mass is 10.2. The Bertz CT molecular complexity index is 990. The van der Waals surface area contributed by atoms with E-state index in [1.807, 2.05) is 36.6 Å². The van der Waals surface area contributed by atoms with E-state index in [-0.39, 0.29) is 6.54 Å². The molecule has 5 nitrogen and oxygen atoms in total. The summed E-state index contributed by atoms with van der Waals surface area (Å²) in [5, 5.41) is 9.03. The predicted molar refractivity (Wildman–Crippen MR) is 106 cm³/mol. The normalized spacial score (nSPS) is 11.8. The second-order valence-corrected chi connectivity index (χ2v) is 7.82. The molecule has 0 unspecified atom stereocenters. The molecule has 29 heavy (non-hydrogen) atoms. The number of aryl methyl sites for hydroxylation is 1. The number of halogens is 3. The van der Waals surface area contributed by atoms with Gasteiger partial charge < -0.3 is 5.32 Å². The second-order valence-electron chi connectivity index (χ2n) is 6.96. The van der Waals surface area contributed by atoms with Crippen LogP contribution in [0.3, 0.4) is 0 Å². The quantitative estimate of drug-likeness (QED) is 0.616. The van der Waals surface area contributed by atoms with Crippen molar-refractivity contribution in [2.45, 2.75) is 39.4 Å². The fourth-order valence-electron chi connectivity index (χ4n) is 2.85. The molecular weight excluding hydrogens is 401 g/mol. The van der Waals surface area contributed by atoms with E-state index in [1.54, 1.807) is 13.8 Å². The highest BCUT2D eigenvalue weighted by molar-refractivity contribution is 7.13. The molecule has 0 radical (unpaired) electrons. The van der Waals surface area contributed by atoms with Gasteiger partial charge in [0.25, 0.3) is 5.91 Å². The van der Waals surface area contributed by atoms with Gasteiger partial charge in [-0.1, -0.05) is 29.8 Å². The van der Waals surface area contributed by atoms with Crippen LogP contribution in [0, 0.1) is 6.92 Å². The van der Waals surface area contributed by atoms with E-state index >= 15 is 0 Å². The number of nitrogens with one attached hydrogen (secondary N) is 1. The smallest absolute Gasteiger partial charge is 0.352 e. The molecule has 0 saturated carbocycles. The molecule has 1 aromatic carbocycles. The fourth-order valence-corrected chi connectivity index (χ4v) is 3.71. The zero-order valence-electron chi connectivity index (χ0n) is 16.2. The molecule has 3 aromatic rings. The van der Waals surface area contributed by atoms with Gasteiger partial charge in [0.1, 0.15) is 5.01 Å². The van der Waals surface area contributed by atoms with Crippen LogP contribution in [0.5, 0.6) is 0 Å². The van der Waals surface area contributed by atoms with Crippen LogP contribution in [-0.2, 0) is 12.6 Å². The second kappa shape index (κ2) is 8.36. The Morgan fingerprint density at radius 2 is 1.93 bits per heavy atom. The standard InChI is InChI=1S/C20H21F3N4OS/c1-12(2)27-17(20(21,22)23)16(10-25-27)18(28)24-9-8-15-11-29-19(26-15)14-6-4-13(3)5-7-14/h4-7,10-12H,8-9H2,1-3H3,(H,24,28). The van der Waals surface area contributed by atoms with Gasteiger partial charge in [-0.2, -0.15) is 18.3 Å². The lowest BCUT2D eigenvalue weighted by Crippen LogP contribution is -2.28. The minimum Gasteiger partial charge on any atom is -0.352 e. The number of carbonyl (C=O) groups excluding carboxylic acids is 1. The number of alkyl halides is 3. The van der Waals surface area contributed by atoms with Gasteiger partial charge in [0.2, 0.25) is 0 Å². The molecule has 1 N–H and O–H groups in total. The number of thiazole rings is 1. The average molecular weight is 422 g/mol. The molecule has 1 amide bonds. The van der Waals surface area contributed by atoms with Crippen molar-refractivity contribution in [1.29, 1.82) is 0 Å². The van der Waals surface area contributed by atoms with Gasteiger partial charge in [-0.3, -0.25) is 9.48 Å². The van der Waals surface area contributed by atoms with Crippen molar-refractivity contribution in [2.24, 2.45) is 0 Å². The van der Waals surface area contributed by atoms with E-state index in [4.69, 9.17) is 0 Å². The molecule has 0 aliphatic rings. The van der Waals surface area contributed by atoms with Crippen molar-refractivity contribution >= 4 is 17.2 Å². The van der Waals surface area contributed by atoms with Gasteiger partial charge >= 0.3 is 6.18 Å². The molecule has 0 aliphatic heterocycles. The highest BCUT2D eigenvalue weighted by Gasteiger charge is 2.40. The maximum atomic E-state index is 13.4. The molecule has 0 fully saturated rings. The van der Waals surface area contributed by atoms with Gasteiger partial charge in [-0.25, -0.2) is 4.98 Å². The van der Waals surface area contributed by atoms with E-state index in [9.17, 15) is 18.0 Å². The minimum absolute atomic E-state index is 0.181. The van der Waals surface area contributed by atoms with Gasteiger partial charge in [0.15, 0.2) is 5.69 Å². The summed E-state index contributed by atoms with van der Waals surface area (Å²) in [6.45, 7) is 5.35. The minimum atomic E-state index is -4.66. The molecule has 0 spiro atoms. The zero-order valence-corrected chi connectivity index (χ0v) is 17.1. The van der Waals surface area contributed by atoms with Crippen LogP contribution in [0.4, 0.5) is 13.2 Å². The molecule has 0 saturated heterocycles. The van der Waals surface area contributed by atoms with Crippen molar-refractivity contribution in [1.82, 2.24) is 20.1 Å². The number of carbonyl (C=O) groups is 1. The van der Waals surface area contributed by atoms with Crippen LogP contribution >= 0.6 is 11.3 Å². The summed E-state index contributed by atoms with van der Waals surface area (Å²) in [4.78, 5) is 16.8. The SMILES string of the molecule is Cc1ccc(-c2nc(CCNC(=O)c3cnn(C(C)C)c3C(F)(F)F)cs2)cc1. The Hall–Kier alpha value is -2.68. The van der Waals surface area contributed by atoms with Crippen molar-refractivity contribution in [2.75, 3.05) is 6.54 Å². The van der Waals surface area contributed by atoms with Crippen LogP contribution in [0.25, 0.3) is 10.6 Å². The highest BCUT2D eigenvalue weighted by Crippen LogP contribution is 2.33. The molecule has 0 aliphatic carbocycles. The van der Waals surface area contributed by atoms with E-state index in [0.717, 1.165) is 32.7 Å². The lowest BCUT2D eigenvalue weighted by Gasteiger charge is -2.15. The van der Waals surface area contributed by atoms with Gasteiger partial charge in [-0.15, -0.1) is 11.3 Å². The summed E-state index contributed by atoms with van der Waals surface area (Å²) in [7, 11) is 0. The molecule has 154 valence electrons. The summed E-state index contributed by atoms with van der Waals surface area (Å²) in [6.07, 6.45) is -3.27. The third-order valence-corrected chi connectivity index (χ3v) is 5.25. The topological polar surface area (TPSA) is 59.8 Å². The number of nitrogens with zero attached hydrogens (tertiary/aromatic N) is 3. The van der Waals surface area contributed by atoms with Crippen LogP contribution in [0.15, 0.2) is 35.8 Å². The summed E-state index contributed by atoms with van der Waals surface area (Å²) in [5.41, 5.74) is 1.45. The van der Waals surface area contributed by atoms with Crippen molar-refractivity contribution in [3.63, 3.8) is 0 Å². The van der Waals surface area contributed by atoms with Gasteiger partial charge in [-0.05, 0) is 20.8 Å². The number of rotatable bonds is 6. The first-order chi connectivity index (χ1) is 13.7. The molecule has 2 heterocycles. The number of hydrogen-bond donors (Lipinski definition) is 1. The monoisotopic (exact) mass is 422 g/mol. The molecule has 2 aromatic heterocycles. The van der Waals surface area contributed by atoms with Crippen LogP contribution in [-0.4, -0.2) is 27.2 Å². The van der Waals surface area contributed by atoms with Crippen molar-refractivity contribution in [3.05, 3.63) is 58.4 Å². The number of amides is 1. The van der Waals surface area contributed by atoms with Gasteiger partial charge in [0.05, 0.1) is 17.5 Å². The van der Waals surface area contributed by atoms with Crippen LogP contribution in [0.2, 0.25) is 0 Å². The Balaban J connectivity index is 1.64. The predicted octanol–water partition coefficient (Wildman–Crippen LogP) is 4.89. The van der Waals surface area contributed by atoms with E-state index in [2.05, 4.69) is 15.4 Å². The number of aromatic nitrogens is 3. The fraction of sp³-hybridized carbons (Fsp3) is 0.350. The summed E-state index contributed by atoms with van der Waals surface area (Å²) >= 11 is 1.49. The Morgan fingerprint density at radius 3 is 2.55 bits per heavy atom. The first-order valence-corrected chi connectivity index (χ1v) is 9.99. The van der Waals surface area contributed by atoms with Crippen LogP contribution < -0.4 is 5.32 Å². The molecule has 0 bridgehead atoms. The van der Waals surface area contributed by atoms with Crippen LogP contribution in [0.1, 0.15) is 47.2 Å². The Morgan fingerprint density at radius 1 is 1.24 bits per heavy atom. The molecule has 9 heteroatoms. The summed E-state index contributed by atoms with van der Waals surface area (Å²) < 4.78 is 41.0. The Kier molecular flexibility index (Phi) is 6.07.